The first-order valence-corrected chi connectivity index (χ1v) is 5.69. The van der Waals surface area contributed by atoms with Gasteiger partial charge in [0.15, 0.2) is 0 Å². The van der Waals surface area contributed by atoms with Crippen molar-refractivity contribution in [2.75, 3.05) is 25.1 Å². The van der Waals surface area contributed by atoms with E-state index < -0.39 is 18.4 Å². The molecule has 0 rings (SSSR count). The fraction of sp³-hybridized carbons (Fsp3) is 0.625. The molecule has 0 aliphatic heterocycles. The standard InChI is InChI=1S/C8H14N2O4S/c1-15-3-2-6(11)9-4-7(12)10-5-8(13)14/h2-5H2,1H3,(H,9,11)(H,10,12)(H,13,14). The Hall–Kier alpha value is -1.24. The van der Waals surface area contributed by atoms with Crippen LogP contribution in [0.15, 0.2) is 0 Å². The highest BCUT2D eigenvalue weighted by molar-refractivity contribution is 7.98. The molecule has 15 heavy (non-hydrogen) atoms. The largest absolute Gasteiger partial charge is 0.480 e. The Balaban J connectivity index is 3.53. The number of thioether (sulfide) groups is 1. The molecule has 0 aliphatic carbocycles. The van der Waals surface area contributed by atoms with Crippen molar-refractivity contribution in [1.29, 1.82) is 0 Å². The normalized spacial score (nSPS) is 9.40. The highest BCUT2D eigenvalue weighted by Gasteiger charge is 2.05. The van der Waals surface area contributed by atoms with E-state index in [0.717, 1.165) is 0 Å². The molecule has 7 heteroatoms. The van der Waals surface area contributed by atoms with Crippen molar-refractivity contribution in [2.24, 2.45) is 0 Å². The highest BCUT2D eigenvalue weighted by atomic mass is 32.2. The summed E-state index contributed by atoms with van der Waals surface area (Å²) in [5.41, 5.74) is 0. The highest BCUT2D eigenvalue weighted by Crippen LogP contribution is 1.94. The van der Waals surface area contributed by atoms with Gasteiger partial charge in [-0.2, -0.15) is 11.8 Å². The van der Waals surface area contributed by atoms with E-state index in [1.807, 2.05) is 6.26 Å². The summed E-state index contributed by atoms with van der Waals surface area (Å²) in [6.45, 7) is -0.611. The van der Waals surface area contributed by atoms with Gasteiger partial charge in [0, 0.05) is 12.2 Å². The fourth-order valence-electron chi connectivity index (χ4n) is 0.699. The lowest BCUT2D eigenvalue weighted by Gasteiger charge is -2.04. The molecule has 0 saturated carbocycles. The maximum absolute atomic E-state index is 11.0. The molecule has 0 spiro atoms. The lowest BCUT2D eigenvalue weighted by molar-refractivity contribution is -0.137. The van der Waals surface area contributed by atoms with Gasteiger partial charge in [-0.25, -0.2) is 0 Å². The van der Waals surface area contributed by atoms with Gasteiger partial charge in [0.25, 0.3) is 0 Å². The molecule has 86 valence electrons. The molecular weight excluding hydrogens is 220 g/mol. The number of carbonyl (C=O) groups is 3. The SMILES string of the molecule is CSCCC(=O)NCC(=O)NCC(=O)O. The van der Waals surface area contributed by atoms with Crippen molar-refractivity contribution in [3.05, 3.63) is 0 Å². The van der Waals surface area contributed by atoms with Crippen molar-refractivity contribution in [1.82, 2.24) is 10.6 Å². The summed E-state index contributed by atoms with van der Waals surface area (Å²) in [7, 11) is 0. The van der Waals surface area contributed by atoms with Crippen LogP contribution in [0.1, 0.15) is 6.42 Å². The second kappa shape index (κ2) is 8.10. The van der Waals surface area contributed by atoms with Crippen LogP contribution in [0.3, 0.4) is 0 Å². The van der Waals surface area contributed by atoms with Crippen LogP contribution in [-0.2, 0) is 14.4 Å². The molecule has 3 N–H and O–H groups in total. The lowest BCUT2D eigenvalue weighted by atomic mass is 10.4. The van der Waals surface area contributed by atoms with E-state index in [1.165, 1.54) is 11.8 Å². The van der Waals surface area contributed by atoms with Gasteiger partial charge in [0.05, 0.1) is 6.54 Å². The van der Waals surface area contributed by atoms with Crippen LogP contribution in [0.2, 0.25) is 0 Å². The Bertz CT molecular complexity index is 245. The zero-order valence-corrected chi connectivity index (χ0v) is 9.23. The third-order valence-corrected chi connectivity index (χ3v) is 2.03. The molecule has 0 radical (unpaired) electrons. The molecule has 0 atom stereocenters. The minimum atomic E-state index is -1.11. The molecule has 0 saturated heterocycles. The Morgan fingerprint density at radius 2 is 1.73 bits per heavy atom. The topological polar surface area (TPSA) is 95.5 Å². The average molecular weight is 234 g/mol. The Morgan fingerprint density at radius 3 is 2.27 bits per heavy atom. The molecule has 0 aliphatic rings. The predicted molar refractivity (Wildman–Crippen MR) is 56.7 cm³/mol. The summed E-state index contributed by atoms with van der Waals surface area (Å²) in [4.78, 5) is 32.0. The van der Waals surface area contributed by atoms with Crippen molar-refractivity contribution in [2.45, 2.75) is 6.42 Å². The zero-order valence-electron chi connectivity index (χ0n) is 8.41. The smallest absolute Gasteiger partial charge is 0.322 e. The third-order valence-electron chi connectivity index (χ3n) is 1.42. The van der Waals surface area contributed by atoms with Crippen molar-refractivity contribution in [3.8, 4) is 0 Å². The number of amides is 2. The van der Waals surface area contributed by atoms with Crippen LogP contribution in [0.25, 0.3) is 0 Å². The van der Waals surface area contributed by atoms with E-state index in [9.17, 15) is 14.4 Å². The quantitative estimate of drug-likeness (QED) is 0.528. The number of hydrogen-bond donors (Lipinski definition) is 3. The van der Waals surface area contributed by atoms with Crippen molar-refractivity contribution in [3.63, 3.8) is 0 Å². The fourth-order valence-corrected chi connectivity index (χ4v) is 1.09. The number of carbonyl (C=O) groups excluding carboxylic acids is 2. The van der Waals surface area contributed by atoms with Gasteiger partial charge in [-0.1, -0.05) is 0 Å². The molecule has 6 nitrogen and oxygen atoms in total. The van der Waals surface area contributed by atoms with Crippen LogP contribution in [0.4, 0.5) is 0 Å². The third kappa shape index (κ3) is 9.07. The first-order valence-electron chi connectivity index (χ1n) is 4.30. The Labute approximate surface area is 91.8 Å². The zero-order chi connectivity index (χ0) is 11.7. The van der Waals surface area contributed by atoms with Crippen molar-refractivity contribution >= 4 is 29.5 Å². The molecule has 0 fully saturated rings. The summed E-state index contributed by atoms with van der Waals surface area (Å²) in [6, 6.07) is 0. The molecule has 0 aromatic heterocycles. The maximum Gasteiger partial charge on any atom is 0.322 e. The van der Waals surface area contributed by atoms with Gasteiger partial charge in [0.1, 0.15) is 6.54 Å². The second-order valence-corrected chi connectivity index (χ2v) is 3.68. The number of carboxylic acids is 1. The van der Waals surface area contributed by atoms with E-state index in [-0.39, 0.29) is 12.5 Å². The molecule has 0 aromatic carbocycles. The molecule has 0 bridgehead atoms. The van der Waals surface area contributed by atoms with Crippen LogP contribution in [-0.4, -0.2) is 48.0 Å². The monoisotopic (exact) mass is 234 g/mol. The maximum atomic E-state index is 11.0. The van der Waals surface area contributed by atoms with Gasteiger partial charge in [-0.05, 0) is 6.26 Å². The molecule has 2 amide bonds. The van der Waals surface area contributed by atoms with Crippen molar-refractivity contribution < 1.29 is 19.5 Å². The lowest BCUT2D eigenvalue weighted by Crippen LogP contribution is -2.39. The summed E-state index contributed by atoms with van der Waals surface area (Å²) in [5.74, 6) is -1.13. The van der Waals surface area contributed by atoms with Gasteiger partial charge in [-0.15, -0.1) is 0 Å². The van der Waals surface area contributed by atoms with E-state index in [0.29, 0.717) is 12.2 Å². The van der Waals surface area contributed by atoms with Gasteiger partial charge >= 0.3 is 5.97 Å². The van der Waals surface area contributed by atoms with Crippen LogP contribution in [0, 0.1) is 0 Å². The summed E-state index contributed by atoms with van der Waals surface area (Å²) in [5, 5.41) is 12.8. The molecule has 0 unspecified atom stereocenters. The van der Waals surface area contributed by atoms with Crippen LogP contribution < -0.4 is 10.6 Å². The van der Waals surface area contributed by atoms with E-state index in [2.05, 4.69) is 10.6 Å². The first kappa shape index (κ1) is 13.8. The van der Waals surface area contributed by atoms with Gasteiger partial charge < -0.3 is 15.7 Å². The number of nitrogens with one attached hydrogen (secondary N) is 2. The summed E-state index contributed by atoms with van der Waals surface area (Å²) < 4.78 is 0. The van der Waals surface area contributed by atoms with Crippen LogP contribution in [0.5, 0.6) is 0 Å². The molecule has 0 aromatic rings. The van der Waals surface area contributed by atoms with E-state index in [1.54, 1.807) is 0 Å². The van der Waals surface area contributed by atoms with Gasteiger partial charge in [0.2, 0.25) is 11.8 Å². The minimum Gasteiger partial charge on any atom is -0.480 e. The van der Waals surface area contributed by atoms with Crippen LogP contribution >= 0.6 is 11.8 Å². The number of hydrogen-bond acceptors (Lipinski definition) is 4. The van der Waals surface area contributed by atoms with E-state index in [4.69, 9.17) is 5.11 Å². The molecular formula is C8H14N2O4S. The Morgan fingerprint density at radius 1 is 1.13 bits per heavy atom. The minimum absolute atomic E-state index is 0.180. The Kier molecular flexibility index (Phi) is 7.43. The summed E-state index contributed by atoms with van der Waals surface area (Å²) in [6.07, 6.45) is 2.24. The summed E-state index contributed by atoms with van der Waals surface area (Å²) >= 11 is 1.54. The number of rotatable bonds is 7. The predicted octanol–water partition coefficient (Wildman–Crippen LogP) is -0.943. The second-order valence-electron chi connectivity index (χ2n) is 2.69. The average Bonchev–Trinajstić information content (AvgIpc) is 2.20. The number of carboxylic acid groups (broad SMARTS) is 1. The van der Waals surface area contributed by atoms with E-state index >= 15 is 0 Å². The molecule has 0 heterocycles. The number of aliphatic carboxylic acids is 1. The first-order chi connectivity index (χ1) is 7.06. The van der Waals surface area contributed by atoms with Gasteiger partial charge in [-0.3, -0.25) is 14.4 Å².